The van der Waals surface area contributed by atoms with Crippen molar-refractivity contribution in [1.29, 1.82) is 0 Å². The maximum atomic E-state index is 2.48. The molecule has 12 rings (SSSR count). The Labute approximate surface area is 353 Å². The second-order valence-corrected chi connectivity index (χ2v) is 17.7. The number of benzene rings is 9. The highest BCUT2D eigenvalue weighted by molar-refractivity contribution is 6.27. The van der Waals surface area contributed by atoms with Crippen LogP contribution in [0.5, 0.6) is 0 Å². The van der Waals surface area contributed by atoms with E-state index in [9.17, 15) is 0 Å². The van der Waals surface area contributed by atoms with Gasteiger partial charge in [-0.2, -0.15) is 0 Å². The zero-order valence-corrected chi connectivity index (χ0v) is 34.5. The molecule has 9 aromatic rings. The first kappa shape index (κ1) is 35.2. The van der Waals surface area contributed by atoms with Gasteiger partial charge in [-0.25, -0.2) is 0 Å². The third-order valence-corrected chi connectivity index (χ3v) is 14.0. The fourth-order valence-electron chi connectivity index (χ4n) is 11.2. The lowest BCUT2D eigenvalue weighted by atomic mass is 9.74. The Morgan fingerprint density at radius 1 is 0.400 bits per heavy atom. The van der Waals surface area contributed by atoms with Gasteiger partial charge < -0.3 is 0 Å². The Balaban J connectivity index is 0.924. The summed E-state index contributed by atoms with van der Waals surface area (Å²) in [6, 6.07) is 62.2. The molecule has 0 bridgehead atoms. The van der Waals surface area contributed by atoms with Crippen LogP contribution >= 0.6 is 0 Å². The fourth-order valence-corrected chi connectivity index (χ4v) is 11.2. The monoisotopic (exact) mass is 766 g/mol. The average molecular weight is 767 g/mol. The topological polar surface area (TPSA) is 0 Å². The predicted octanol–water partition coefficient (Wildman–Crippen LogP) is 16.1. The maximum absolute atomic E-state index is 2.48. The van der Waals surface area contributed by atoms with E-state index in [1.807, 2.05) is 0 Å². The van der Waals surface area contributed by atoms with Crippen molar-refractivity contribution in [3.05, 3.63) is 215 Å². The van der Waals surface area contributed by atoms with Gasteiger partial charge in [-0.05, 0) is 152 Å². The van der Waals surface area contributed by atoms with Crippen LogP contribution in [0.15, 0.2) is 188 Å². The summed E-state index contributed by atoms with van der Waals surface area (Å²) in [4.78, 5) is 0. The molecule has 60 heavy (non-hydrogen) atoms. The highest BCUT2D eigenvalue weighted by atomic mass is 14.3. The molecule has 0 radical (unpaired) electrons. The van der Waals surface area contributed by atoms with Crippen molar-refractivity contribution in [2.75, 3.05) is 0 Å². The molecule has 0 heteroatoms. The molecule has 0 saturated carbocycles. The highest BCUT2D eigenvalue weighted by Crippen LogP contribution is 2.48. The maximum Gasteiger partial charge on any atom is -0.00203 e. The van der Waals surface area contributed by atoms with Crippen molar-refractivity contribution in [2.24, 2.45) is 11.8 Å². The molecule has 3 unspecified atom stereocenters. The number of hydrogen-bond acceptors (Lipinski definition) is 0. The largest absolute Gasteiger partial charge is 0.0772 e. The Bertz CT molecular complexity index is 3270. The SMILES string of the molecule is CC1C=CC(c2ccc(-c3ccc4ccc5c(-c6ccc(-c7cccc8c7C(C)Cc7ccccc7-8)cc6)ccc6ccc3c4c65)cc2)=C2C(=C1)c1ccccc1CC2C. The van der Waals surface area contributed by atoms with Gasteiger partial charge in [0.15, 0.2) is 0 Å². The first-order chi connectivity index (χ1) is 29.5. The smallest absolute Gasteiger partial charge is 0.00203 e. The summed E-state index contributed by atoms with van der Waals surface area (Å²) in [7, 11) is 0. The minimum atomic E-state index is 0.380. The molecule has 3 atom stereocenters. The first-order valence-corrected chi connectivity index (χ1v) is 21.8. The Morgan fingerprint density at radius 2 is 0.900 bits per heavy atom. The molecule has 0 aromatic heterocycles. The molecular formula is C60H46. The van der Waals surface area contributed by atoms with E-state index in [0.717, 1.165) is 12.8 Å². The van der Waals surface area contributed by atoms with Crippen molar-refractivity contribution in [1.82, 2.24) is 0 Å². The van der Waals surface area contributed by atoms with Crippen molar-refractivity contribution >= 4 is 43.5 Å². The molecular weight excluding hydrogens is 721 g/mol. The van der Waals surface area contributed by atoms with E-state index in [1.165, 1.54) is 121 Å². The van der Waals surface area contributed by atoms with Gasteiger partial charge >= 0.3 is 0 Å². The molecule has 0 nitrogen and oxygen atoms in total. The van der Waals surface area contributed by atoms with Crippen molar-refractivity contribution < 1.29 is 0 Å². The molecule has 286 valence electrons. The molecule has 0 amide bonds. The quantitative estimate of drug-likeness (QED) is 0.157. The Kier molecular flexibility index (Phi) is 8.01. The molecule has 0 heterocycles. The molecule has 0 fully saturated rings. The molecule has 3 aliphatic carbocycles. The second-order valence-electron chi connectivity index (χ2n) is 17.7. The Morgan fingerprint density at radius 3 is 1.55 bits per heavy atom. The summed E-state index contributed by atoms with van der Waals surface area (Å²) in [5.41, 5.74) is 21.8. The van der Waals surface area contributed by atoms with Crippen LogP contribution < -0.4 is 0 Å². The van der Waals surface area contributed by atoms with Crippen LogP contribution in [0.2, 0.25) is 0 Å². The zero-order chi connectivity index (χ0) is 40.1. The lowest BCUT2D eigenvalue weighted by Crippen LogP contribution is -2.15. The lowest BCUT2D eigenvalue weighted by Gasteiger charge is -2.30. The van der Waals surface area contributed by atoms with Gasteiger partial charge in [-0.1, -0.05) is 203 Å². The normalized spacial score (nSPS) is 18.2. The minimum absolute atomic E-state index is 0.380. The summed E-state index contributed by atoms with van der Waals surface area (Å²) in [6.45, 7) is 7.09. The number of rotatable bonds is 4. The van der Waals surface area contributed by atoms with Crippen LogP contribution in [0, 0.1) is 11.8 Å². The van der Waals surface area contributed by atoms with Crippen LogP contribution in [0.3, 0.4) is 0 Å². The van der Waals surface area contributed by atoms with Gasteiger partial charge in [0.25, 0.3) is 0 Å². The van der Waals surface area contributed by atoms with Crippen LogP contribution in [0.4, 0.5) is 0 Å². The van der Waals surface area contributed by atoms with Crippen LogP contribution in [-0.4, -0.2) is 0 Å². The fraction of sp³-hybridized carbons (Fsp3) is 0.133. The molecule has 0 N–H and O–H groups in total. The van der Waals surface area contributed by atoms with Crippen LogP contribution in [0.1, 0.15) is 54.5 Å². The molecule has 9 aromatic carbocycles. The number of allylic oxidation sites excluding steroid dienone is 6. The predicted molar refractivity (Wildman–Crippen MR) is 257 cm³/mol. The molecule has 0 saturated heterocycles. The van der Waals surface area contributed by atoms with E-state index in [0.29, 0.717) is 17.8 Å². The molecule has 0 aliphatic heterocycles. The highest BCUT2D eigenvalue weighted by Gasteiger charge is 2.29. The third-order valence-electron chi connectivity index (χ3n) is 14.0. The van der Waals surface area contributed by atoms with Gasteiger partial charge in [-0.3, -0.25) is 0 Å². The molecule has 0 spiro atoms. The van der Waals surface area contributed by atoms with E-state index < -0.39 is 0 Å². The number of fused-ring (bicyclic) bond motifs is 6. The summed E-state index contributed by atoms with van der Waals surface area (Å²) in [6.07, 6.45) is 9.39. The van der Waals surface area contributed by atoms with E-state index in [4.69, 9.17) is 0 Å². The first-order valence-electron chi connectivity index (χ1n) is 21.8. The second kappa shape index (κ2) is 13.7. The van der Waals surface area contributed by atoms with Crippen molar-refractivity contribution in [2.45, 2.75) is 39.5 Å². The summed E-state index contributed by atoms with van der Waals surface area (Å²) < 4.78 is 0. The van der Waals surface area contributed by atoms with E-state index >= 15 is 0 Å². The van der Waals surface area contributed by atoms with Gasteiger partial charge in [0, 0.05) is 0 Å². The van der Waals surface area contributed by atoms with Crippen LogP contribution in [0.25, 0.3) is 88.0 Å². The van der Waals surface area contributed by atoms with Gasteiger partial charge in [0.2, 0.25) is 0 Å². The van der Waals surface area contributed by atoms with Gasteiger partial charge in [0.1, 0.15) is 0 Å². The lowest BCUT2D eigenvalue weighted by molar-refractivity contribution is 0.684. The zero-order valence-electron chi connectivity index (χ0n) is 34.5. The average Bonchev–Trinajstić information content (AvgIpc) is 3.47. The van der Waals surface area contributed by atoms with Gasteiger partial charge in [-0.15, -0.1) is 0 Å². The van der Waals surface area contributed by atoms with Crippen LogP contribution in [-0.2, 0) is 12.8 Å². The van der Waals surface area contributed by atoms with Crippen molar-refractivity contribution in [3.63, 3.8) is 0 Å². The summed E-state index contributed by atoms with van der Waals surface area (Å²) in [5.74, 6) is 1.30. The van der Waals surface area contributed by atoms with E-state index in [-0.39, 0.29) is 0 Å². The minimum Gasteiger partial charge on any atom is -0.0772 e. The summed E-state index contributed by atoms with van der Waals surface area (Å²) in [5, 5.41) is 7.90. The standard InChI is InChI=1S/C60H46/c1-36-15-28-52(58-38(3)35-46-10-5-7-12-48(46)56(58)33-36)42-22-18-40(19-23-42)50-30-25-44-26-31-54-49(29-24-43-27-32-55(50)60(44)59(43)54)39-16-20-41(21-17-39)51-13-8-14-53-47-11-6-4-9-45(47)34-37(2)57(51)53/h4-33,36-38H,34-35H2,1-3H3. The Hall–Kier alpha value is -6.76. The van der Waals surface area contributed by atoms with E-state index in [2.05, 4.69) is 203 Å². The van der Waals surface area contributed by atoms with Crippen molar-refractivity contribution in [3.8, 4) is 44.5 Å². The summed E-state index contributed by atoms with van der Waals surface area (Å²) >= 11 is 0. The van der Waals surface area contributed by atoms with Gasteiger partial charge in [0.05, 0.1) is 0 Å². The third kappa shape index (κ3) is 5.44. The number of hydrogen-bond donors (Lipinski definition) is 0. The van der Waals surface area contributed by atoms with E-state index in [1.54, 1.807) is 0 Å². The molecule has 3 aliphatic rings.